The number of carbonyl (C=O) groups is 1. The smallest absolute Gasteiger partial charge is 0.236 e. The molecule has 4 rings (SSSR count). The number of aromatic nitrogens is 4. The molecule has 0 fully saturated rings. The Bertz CT molecular complexity index is 1080. The minimum absolute atomic E-state index is 0.133. The van der Waals surface area contributed by atoms with Gasteiger partial charge in [-0.1, -0.05) is 29.2 Å². The zero-order valence-electron chi connectivity index (χ0n) is 13.9. The number of benzene rings is 1. The maximum atomic E-state index is 12.2. The van der Waals surface area contributed by atoms with Crippen LogP contribution in [-0.2, 0) is 4.79 Å². The number of anilines is 1. The van der Waals surface area contributed by atoms with Crippen LogP contribution in [0.1, 0.15) is 6.92 Å². The number of carbonyl (C=O) groups excluding carboxylic acids is 1. The quantitative estimate of drug-likeness (QED) is 0.512. The van der Waals surface area contributed by atoms with Crippen LogP contribution in [-0.4, -0.2) is 37.8 Å². The molecule has 0 radical (unpaired) electrons. The van der Waals surface area contributed by atoms with Gasteiger partial charge in [0.15, 0.2) is 15.9 Å². The van der Waals surface area contributed by atoms with Crippen LogP contribution in [0.4, 0.5) is 5.13 Å². The van der Waals surface area contributed by atoms with Gasteiger partial charge in [0.1, 0.15) is 5.75 Å². The summed E-state index contributed by atoms with van der Waals surface area (Å²) in [7, 11) is 0. The first-order chi connectivity index (χ1) is 12.7. The summed E-state index contributed by atoms with van der Waals surface area (Å²) >= 11 is 2.76. The number of thioether (sulfide) groups is 1. The fraction of sp³-hybridized carbons (Fsp3) is 0.176. The highest BCUT2D eigenvalue weighted by Gasteiger charge is 2.11. The largest absolute Gasteiger partial charge is 0.494 e. The van der Waals surface area contributed by atoms with Crippen molar-refractivity contribution in [3.05, 3.63) is 42.6 Å². The van der Waals surface area contributed by atoms with E-state index in [2.05, 4.69) is 20.5 Å². The van der Waals surface area contributed by atoms with E-state index in [1.165, 1.54) is 23.1 Å². The van der Waals surface area contributed by atoms with Crippen molar-refractivity contribution in [1.82, 2.24) is 19.6 Å². The van der Waals surface area contributed by atoms with Gasteiger partial charge in [0.05, 0.1) is 22.6 Å². The predicted molar refractivity (Wildman–Crippen MR) is 103 cm³/mol. The topological polar surface area (TPSA) is 81.4 Å². The molecule has 1 amide bonds. The van der Waals surface area contributed by atoms with Crippen LogP contribution in [0.5, 0.6) is 5.75 Å². The molecule has 9 heteroatoms. The van der Waals surface area contributed by atoms with Crippen molar-refractivity contribution in [3.8, 4) is 5.75 Å². The van der Waals surface area contributed by atoms with E-state index in [4.69, 9.17) is 4.74 Å². The van der Waals surface area contributed by atoms with E-state index in [9.17, 15) is 4.79 Å². The molecule has 1 aromatic carbocycles. The number of thiazole rings is 1. The summed E-state index contributed by atoms with van der Waals surface area (Å²) < 4.78 is 8.32. The number of amides is 1. The average molecular weight is 385 g/mol. The Morgan fingerprint density at radius 1 is 1.31 bits per heavy atom. The first-order valence-corrected chi connectivity index (χ1v) is 9.79. The zero-order valence-corrected chi connectivity index (χ0v) is 15.5. The third-order valence-electron chi connectivity index (χ3n) is 3.53. The number of rotatable bonds is 6. The van der Waals surface area contributed by atoms with Gasteiger partial charge in [0, 0.05) is 6.20 Å². The zero-order chi connectivity index (χ0) is 17.9. The molecule has 0 bridgehead atoms. The Morgan fingerprint density at radius 2 is 2.23 bits per heavy atom. The molecule has 0 aliphatic carbocycles. The Morgan fingerprint density at radius 3 is 3.12 bits per heavy atom. The summed E-state index contributed by atoms with van der Waals surface area (Å²) in [5.74, 6) is 0.901. The second-order valence-electron chi connectivity index (χ2n) is 5.33. The number of pyridine rings is 1. The molecule has 0 saturated carbocycles. The number of nitrogens with one attached hydrogen (secondary N) is 1. The van der Waals surface area contributed by atoms with Gasteiger partial charge in [-0.15, -0.1) is 10.2 Å². The molecule has 26 heavy (non-hydrogen) atoms. The molecule has 0 aliphatic heterocycles. The van der Waals surface area contributed by atoms with Gasteiger partial charge < -0.3 is 10.1 Å². The summed E-state index contributed by atoms with van der Waals surface area (Å²) in [6.45, 7) is 2.56. The molecular weight excluding hydrogens is 370 g/mol. The molecule has 3 heterocycles. The van der Waals surface area contributed by atoms with Crippen molar-refractivity contribution in [1.29, 1.82) is 0 Å². The van der Waals surface area contributed by atoms with Crippen LogP contribution >= 0.6 is 23.1 Å². The lowest BCUT2D eigenvalue weighted by atomic mass is 10.3. The summed E-state index contributed by atoms with van der Waals surface area (Å²) in [6, 6.07) is 11.4. The highest BCUT2D eigenvalue weighted by atomic mass is 32.2. The lowest BCUT2D eigenvalue weighted by Crippen LogP contribution is -2.14. The van der Waals surface area contributed by atoms with E-state index < -0.39 is 0 Å². The van der Waals surface area contributed by atoms with Gasteiger partial charge in [-0.2, -0.15) is 0 Å². The van der Waals surface area contributed by atoms with Gasteiger partial charge in [-0.3, -0.25) is 9.20 Å². The molecule has 1 N–H and O–H groups in total. The fourth-order valence-electron chi connectivity index (χ4n) is 2.42. The Balaban J connectivity index is 1.42. The van der Waals surface area contributed by atoms with Crippen LogP contribution in [0.15, 0.2) is 47.8 Å². The summed E-state index contributed by atoms with van der Waals surface area (Å²) in [4.78, 5) is 16.7. The molecule has 0 spiro atoms. The van der Waals surface area contributed by atoms with Crippen LogP contribution in [0.3, 0.4) is 0 Å². The monoisotopic (exact) mass is 385 g/mol. The van der Waals surface area contributed by atoms with Gasteiger partial charge in [0.25, 0.3) is 0 Å². The number of hydrogen-bond donors (Lipinski definition) is 1. The van der Waals surface area contributed by atoms with E-state index in [1.54, 1.807) is 0 Å². The van der Waals surface area contributed by atoms with Gasteiger partial charge in [-0.05, 0) is 37.3 Å². The van der Waals surface area contributed by atoms with Gasteiger partial charge >= 0.3 is 0 Å². The molecule has 7 nitrogen and oxygen atoms in total. The lowest BCUT2D eigenvalue weighted by Gasteiger charge is -2.00. The van der Waals surface area contributed by atoms with E-state index in [-0.39, 0.29) is 11.7 Å². The summed E-state index contributed by atoms with van der Waals surface area (Å²) in [5, 5.41) is 12.3. The third-order valence-corrected chi connectivity index (χ3v) is 5.41. The minimum atomic E-state index is -0.133. The number of fused-ring (bicyclic) bond motifs is 2. The van der Waals surface area contributed by atoms with Crippen molar-refractivity contribution in [2.24, 2.45) is 0 Å². The number of ether oxygens (including phenoxy) is 1. The lowest BCUT2D eigenvalue weighted by molar-refractivity contribution is -0.113. The predicted octanol–water partition coefficient (Wildman–Crippen LogP) is 3.47. The maximum absolute atomic E-state index is 12.2. The number of hydrogen-bond acceptors (Lipinski definition) is 7. The number of nitrogens with zero attached hydrogens (tertiary/aromatic N) is 4. The molecule has 4 aromatic rings. The molecular formula is C17H15N5O2S2. The second kappa shape index (κ2) is 7.30. The fourth-order valence-corrected chi connectivity index (χ4v) is 4.05. The average Bonchev–Trinajstić information content (AvgIpc) is 3.23. The van der Waals surface area contributed by atoms with Crippen molar-refractivity contribution < 1.29 is 9.53 Å². The van der Waals surface area contributed by atoms with Gasteiger partial charge in [0.2, 0.25) is 5.91 Å². The van der Waals surface area contributed by atoms with E-state index in [0.29, 0.717) is 16.9 Å². The van der Waals surface area contributed by atoms with Crippen LogP contribution in [0.25, 0.3) is 15.9 Å². The molecule has 0 unspecified atom stereocenters. The van der Waals surface area contributed by atoms with Crippen LogP contribution < -0.4 is 10.1 Å². The molecule has 3 aromatic heterocycles. The molecule has 0 atom stereocenters. The minimum Gasteiger partial charge on any atom is -0.494 e. The summed E-state index contributed by atoms with van der Waals surface area (Å²) in [6.07, 6.45) is 1.87. The Kier molecular flexibility index (Phi) is 4.72. The Hall–Kier alpha value is -2.65. The van der Waals surface area contributed by atoms with E-state index in [0.717, 1.165) is 21.6 Å². The first-order valence-electron chi connectivity index (χ1n) is 7.99. The van der Waals surface area contributed by atoms with Crippen LogP contribution in [0.2, 0.25) is 0 Å². The molecule has 132 valence electrons. The third kappa shape index (κ3) is 3.49. The normalized spacial score (nSPS) is 11.1. The van der Waals surface area contributed by atoms with Crippen molar-refractivity contribution >= 4 is 50.0 Å². The standard InChI is InChI=1S/C17H15N5O2S2/c1-2-24-11-6-7-12-13(9-11)26-16(18-12)19-15(23)10-25-17-21-20-14-5-3-4-8-22(14)17/h3-9H,2,10H2,1H3,(H,18,19,23). The Labute approximate surface area is 157 Å². The maximum Gasteiger partial charge on any atom is 0.236 e. The first kappa shape index (κ1) is 16.8. The van der Waals surface area contributed by atoms with Crippen molar-refractivity contribution in [3.63, 3.8) is 0 Å². The van der Waals surface area contributed by atoms with Crippen molar-refractivity contribution in [2.45, 2.75) is 12.1 Å². The van der Waals surface area contributed by atoms with E-state index in [1.807, 2.05) is 53.9 Å². The van der Waals surface area contributed by atoms with E-state index >= 15 is 0 Å². The second-order valence-corrected chi connectivity index (χ2v) is 7.30. The highest BCUT2D eigenvalue weighted by Crippen LogP contribution is 2.29. The summed E-state index contributed by atoms with van der Waals surface area (Å²) in [5.41, 5.74) is 1.59. The van der Waals surface area contributed by atoms with Gasteiger partial charge in [-0.25, -0.2) is 4.98 Å². The molecule has 0 aliphatic rings. The van der Waals surface area contributed by atoms with Crippen molar-refractivity contribution in [2.75, 3.05) is 17.7 Å². The SMILES string of the molecule is CCOc1ccc2nc(NC(=O)CSc3nnc4ccccn34)sc2c1. The van der Waals surface area contributed by atoms with Crippen LogP contribution in [0, 0.1) is 0 Å². The highest BCUT2D eigenvalue weighted by molar-refractivity contribution is 7.99. The molecule has 0 saturated heterocycles.